The second kappa shape index (κ2) is 8.19. The Hall–Kier alpha value is -2.04. The molecule has 0 aromatic heterocycles. The number of rotatable bonds is 8. The molecule has 0 unspecified atom stereocenters. The van der Waals surface area contributed by atoms with Gasteiger partial charge in [0.05, 0.1) is 0 Å². The zero-order chi connectivity index (χ0) is 15.0. The molecule has 0 saturated heterocycles. The van der Waals surface area contributed by atoms with Gasteiger partial charge in [-0.2, -0.15) is 0 Å². The Morgan fingerprint density at radius 3 is 2.60 bits per heavy atom. The number of carboxylic acids is 1. The summed E-state index contributed by atoms with van der Waals surface area (Å²) in [5, 5.41) is 12.0. The molecule has 0 fully saturated rings. The summed E-state index contributed by atoms with van der Waals surface area (Å²) >= 11 is 0. The Balaban J connectivity index is 2.45. The van der Waals surface area contributed by atoms with Crippen LogP contribution in [0.3, 0.4) is 0 Å². The highest BCUT2D eigenvalue weighted by Crippen LogP contribution is 2.12. The van der Waals surface area contributed by atoms with Gasteiger partial charge in [0, 0.05) is 25.2 Å². The van der Waals surface area contributed by atoms with Crippen LogP contribution in [0.4, 0.5) is 5.69 Å². The molecule has 0 heterocycles. The number of carboxylic acid groups (broad SMARTS) is 1. The molecule has 0 radical (unpaired) electrons. The van der Waals surface area contributed by atoms with Crippen LogP contribution in [0.1, 0.15) is 25.3 Å². The number of amides is 1. The van der Waals surface area contributed by atoms with Gasteiger partial charge in [0.1, 0.15) is 6.54 Å². The molecule has 2 N–H and O–H groups in total. The average molecular weight is 278 g/mol. The molecule has 0 spiro atoms. The van der Waals surface area contributed by atoms with Gasteiger partial charge < -0.3 is 15.3 Å². The zero-order valence-electron chi connectivity index (χ0n) is 12.1. The SMILES string of the molecule is CCCN(CC(=O)O)C(=O)CCNc1ccccc1C. The molecule has 0 aliphatic rings. The fourth-order valence-corrected chi connectivity index (χ4v) is 1.96. The maximum Gasteiger partial charge on any atom is 0.323 e. The molecule has 110 valence electrons. The predicted octanol–water partition coefficient (Wildman–Crippen LogP) is 2.12. The summed E-state index contributed by atoms with van der Waals surface area (Å²) in [6.07, 6.45) is 1.05. The third-order valence-corrected chi connectivity index (χ3v) is 2.97. The fourth-order valence-electron chi connectivity index (χ4n) is 1.96. The number of aryl methyl sites for hydroxylation is 1. The molecular formula is C15H22N2O3. The molecule has 5 heteroatoms. The minimum absolute atomic E-state index is 0.129. The molecule has 1 rings (SSSR count). The van der Waals surface area contributed by atoms with Crippen molar-refractivity contribution in [2.24, 2.45) is 0 Å². The molecular weight excluding hydrogens is 256 g/mol. The number of hydrogen-bond donors (Lipinski definition) is 2. The number of nitrogens with one attached hydrogen (secondary N) is 1. The number of carbonyl (C=O) groups excluding carboxylic acids is 1. The van der Waals surface area contributed by atoms with Gasteiger partial charge in [-0.15, -0.1) is 0 Å². The third-order valence-electron chi connectivity index (χ3n) is 2.97. The van der Waals surface area contributed by atoms with Crippen molar-refractivity contribution in [2.75, 3.05) is 25.0 Å². The van der Waals surface area contributed by atoms with Crippen molar-refractivity contribution in [3.05, 3.63) is 29.8 Å². The Bertz CT molecular complexity index is 460. The van der Waals surface area contributed by atoms with Crippen LogP contribution >= 0.6 is 0 Å². The van der Waals surface area contributed by atoms with E-state index in [4.69, 9.17) is 5.11 Å². The molecule has 1 amide bonds. The molecule has 1 aromatic carbocycles. The van der Waals surface area contributed by atoms with E-state index >= 15 is 0 Å². The number of anilines is 1. The number of carbonyl (C=O) groups is 2. The highest BCUT2D eigenvalue weighted by Gasteiger charge is 2.15. The largest absolute Gasteiger partial charge is 0.480 e. The predicted molar refractivity (Wildman–Crippen MR) is 78.8 cm³/mol. The van der Waals surface area contributed by atoms with E-state index < -0.39 is 5.97 Å². The Labute approximate surface area is 119 Å². The second-order valence-corrected chi connectivity index (χ2v) is 4.70. The summed E-state index contributed by atoms with van der Waals surface area (Å²) < 4.78 is 0. The van der Waals surface area contributed by atoms with Crippen LogP contribution in [0.2, 0.25) is 0 Å². The van der Waals surface area contributed by atoms with E-state index in [1.54, 1.807) is 0 Å². The average Bonchev–Trinajstić information content (AvgIpc) is 2.40. The first-order chi connectivity index (χ1) is 9.54. The van der Waals surface area contributed by atoms with Gasteiger partial charge in [0.2, 0.25) is 5.91 Å². The van der Waals surface area contributed by atoms with E-state index in [2.05, 4.69) is 5.32 Å². The van der Waals surface area contributed by atoms with Crippen molar-refractivity contribution in [2.45, 2.75) is 26.7 Å². The summed E-state index contributed by atoms with van der Waals surface area (Å²) in [7, 11) is 0. The van der Waals surface area contributed by atoms with Crippen molar-refractivity contribution in [3.63, 3.8) is 0 Å². The van der Waals surface area contributed by atoms with Gasteiger partial charge in [-0.3, -0.25) is 9.59 Å². The minimum Gasteiger partial charge on any atom is -0.480 e. The van der Waals surface area contributed by atoms with E-state index in [1.165, 1.54) is 4.90 Å². The number of aliphatic carboxylic acids is 1. The Kier molecular flexibility index (Phi) is 6.56. The van der Waals surface area contributed by atoms with E-state index in [0.29, 0.717) is 19.5 Å². The lowest BCUT2D eigenvalue weighted by Gasteiger charge is -2.20. The molecule has 1 aromatic rings. The quantitative estimate of drug-likeness (QED) is 0.764. The van der Waals surface area contributed by atoms with Crippen LogP contribution < -0.4 is 5.32 Å². The van der Waals surface area contributed by atoms with Crippen molar-refractivity contribution >= 4 is 17.6 Å². The third kappa shape index (κ3) is 5.30. The van der Waals surface area contributed by atoms with Gasteiger partial charge in [-0.1, -0.05) is 25.1 Å². The monoisotopic (exact) mass is 278 g/mol. The molecule has 20 heavy (non-hydrogen) atoms. The van der Waals surface area contributed by atoms with Crippen molar-refractivity contribution < 1.29 is 14.7 Å². The molecule has 0 aliphatic heterocycles. The molecule has 0 bridgehead atoms. The van der Waals surface area contributed by atoms with Crippen LogP contribution in [0.5, 0.6) is 0 Å². The lowest BCUT2D eigenvalue weighted by Crippen LogP contribution is -2.37. The summed E-state index contributed by atoms with van der Waals surface area (Å²) in [5.41, 5.74) is 2.12. The molecule has 0 atom stereocenters. The van der Waals surface area contributed by atoms with Gasteiger partial charge in [0.25, 0.3) is 0 Å². The molecule has 5 nitrogen and oxygen atoms in total. The van der Waals surface area contributed by atoms with Crippen molar-refractivity contribution in [1.82, 2.24) is 4.90 Å². The zero-order valence-corrected chi connectivity index (χ0v) is 12.1. The maximum absolute atomic E-state index is 12.0. The van der Waals surface area contributed by atoms with Gasteiger partial charge in [-0.05, 0) is 25.0 Å². The summed E-state index contributed by atoms with van der Waals surface area (Å²) in [6, 6.07) is 7.85. The van der Waals surface area contributed by atoms with Crippen LogP contribution in [-0.2, 0) is 9.59 Å². The summed E-state index contributed by atoms with van der Waals surface area (Å²) in [5.74, 6) is -1.10. The number of hydrogen-bond acceptors (Lipinski definition) is 3. The van der Waals surface area contributed by atoms with E-state index in [-0.39, 0.29) is 12.5 Å². The van der Waals surface area contributed by atoms with Gasteiger partial charge in [0.15, 0.2) is 0 Å². The van der Waals surface area contributed by atoms with Gasteiger partial charge >= 0.3 is 5.97 Å². The van der Waals surface area contributed by atoms with Crippen LogP contribution in [0.15, 0.2) is 24.3 Å². The molecule has 0 aliphatic carbocycles. The summed E-state index contributed by atoms with van der Waals surface area (Å²) in [4.78, 5) is 24.1. The first kappa shape index (κ1) is 16.0. The standard InChI is InChI=1S/C15H22N2O3/c1-3-10-17(11-15(19)20)14(18)8-9-16-13-7-5-4-6-12(13)2/h4-7,16H,3,8-11H2,1-2H3,(H,19,20). The fraction of sp³-hybridized carbons (Fsp3) is 0.467. The maximum atomic E-state index is 12.0. The number of nitrogens with zero attached hydrogens (tertiary/aromatic N) is 1. The Morgan fingerprint density at radius 2 is 2.00 bits per heavy atom. The topological polar surface area (TPSA) is 69.6 Å². The summed E-state index contributed by atoms with van der Waals surface area (Å²) in [6.45, 7) is 4.68. The Morgan fingerprint density at radius 1 is 1.30 bits per heavy atom. The van der Waals surface area contributed by atoms with Crippen LogP contribution in [0.25, 0.3) is 0 Å². The molecule has 0 saturated carbocycles. The normalized spacial score (nSPS) is 10.1. The van der Waals surface area contributed by atoms with Gasteiger partial charge in [-0.25, -0.2) is 0 Å². The van der Waals surface area contributed by atoms with Crippen molar-refractivity contribution in [1.29, 1.82) is 0 Å². The number of benzene rings is 1. The lowest BCUT2D eigenvalue weighted by molar-refractivity contribution is -0.144. The lowest BCUT2D eigenvalue weighted by atomic mass is 10.2. The minimum atomic E-state index is -0.973. The highest BCUT2D eigenvalue weighted by atomic mass is 16.4. The second-order valence-electron chi connectivity index (χ2n) is 4.70. The smallest absolute Gasteiger partial charge is 0.323 e. The van der Waals surface area contributed by atoms with E-state index in [9.17, 15) is 9.59 Å². The van der Waals surface area contributed by atoms with E-state index in [1.807, 2.05) is 38.1 Å². The highest BCUT2D eigenvalue weighted by molar-refractivity contribution is 5.81. The van der Waals surface area contributed by atoms with Crippen LogP contribution in [-0.4, -0.2) is 41.5 Å². The first-order valence-corrected chi connectivity index (χ1v) is 6.83. The number of para-hydroxylation sites is 1. The van der Waals surface area contributed by atoms with Crippen molar-refractivity contribution in [3.8, 4) is 0 Å². The first-order valence-electron chi connectivity index (χ1n) is 6.83. The van der Waals surface area contributed by atoms with E-state index in [0.717, 1.165) is 17.7 Å². The van der Waals surface area contributed by atoms with Crippen LogP contribution in [0, 0.1) is 6.92 Å².